The first-order chi connectivity index (χ1) is 11.3. The van der Waals surface area contributed by atoms with Gasteiger partial charge in [0.2, 0.25) is 10.0 Å². The summed E-state index contributed by atoms with van der Waals surface area (Å²) in [4.78, 5) is 12.0. The maximum atomic E-state index is 12.0. The van der Waals surface area contributed by atoms with E-state index >= 15 is 0 Å². The van der Waals surface area contributed by atoms with Gasteiger partial charge in [-0.05, 0) is 37.6 Å². The number of carbonyl (C=O) groups is 1. The van der Waals surface area contributed by atoms with E-state index in [1.807, 2.05) is 6.07 Å². The van der Waals surface area contributed by atoms with Crippen LogP contribution in [0.15, 0.2) is 24.3 Å². The zero-order valence-electron chi connectivity index (χ0n) is 14.2. The van der Waals surface area contributed by atoms with Crippen molar-refractivity contribution in [1.82, 2.24) is 9.62 Å². The number of amides is 1. The van der Waals surface area contributed by atoms with Crippen LogP contribution in [0.4, 0.5) is 0 Å². The molecule has 1 aromatic rings. The van der Waals surface area contributed by atoms with Crippen LogP contribution in [0, 0.1) is 11.3 Å². The van der Waals surface area contributed by atoms with E-state index in [1.165, 1.54) is 10.6 Å². The molecule has 0 radical (unpaired) electrons. The van der Waals surface area contributed by atoms with E-state index in [0.29, 0.717) is 37.4 Å². The molecule has 0 aliphatic heterocycles. The molecule has 0 saturated heterocycles. The lowest BCUT2D eigenvalue weighted by Gasteiger charge is -2.18. The Morgan fingerprint density at radius 2 is 2.00 bits per heavy atom. The summed E-state index contributed by atoms with van der Waals surface area (Å²) in [6.07, 6.45) is 1.01. The second-order valence-corrected chi connectivity index (χ2v) is 7.28. The van der Waals surface area contributed by atoms with Gasteiger partial charge in [0.1, 0.15) is 5.75 Å². The molecule has 1 rings (SSSR count). The summed E-state index contributed by atoms with van der Waals surface area (Å²) in [7, 11) is -3.21. The quantitative estimate of drug-likeness (QED) is 0.671. The predicted octanol–water partition coefficient (Wildman–Crippen LogP) is 1.11. The van der Waals surface area contributed by atoms with Crippen LogP contribution in [-0.2, 0) is 14.8 Å². The molecular weight excluding hydrogens is 330 g/mol. The number of carbonyl (C=O) groups excluding carboxylic acids is 1. The fourth-order valence-electron chi connectivity index (χ4n) is 2.03. The van der Waals surface area contributed by atoms with Crippen molar-refractivity contribution in [1.29, 1.82) is 5.26 Å². The zero-order chi connectivity index (χ0) is 18.2. The summed E-state index contributed by atoms with van der Waals surface area (Å²) in [5.41, 5.74) is 0.519. The maximum absolute atomic E-state index is 12.0. The van der Waals surface area contributed by atoms with Crippen molar-refractivity contribution in [3.63, 3.8) is 0 Å². The molecule has 0 bridgehead atoms. The molecule has 132 valence electrons. The van der Waals surface area contributed by atoms with Gasteiger partial charge in [-0.3, -0.25) is 4.79 Å². The monoisotopic (exact) mass is 353 g/mol. The molecule has 0 spiro atoms. The Hall–Kier alpha value is -2.11. The van der Waals surface area contributed by atoms with Crippen LogP contribution in [0.5, 0.6) is 5.75 Å². The first-order valence-electron chi connectivity index (χ1n) is 7.67. The Labute approximate surface area is 143 Å². The van der Waals surface area contributed by atoms with Crippen molar-refractivity contribution >= 4 is 15.9 Å². The highest BCUT2D eigenvalue weighted by atomic mass is 32.2. The summed E-state index contributed by atoms with van der Waals surface area (Å²) in [6.45, 7) is 4.53. The van der Waals surface area contributed by atoms with E-state index in [9.17, 15) is 13.2 Å². The molecule has 0 aliphatic carbocycles. The van der Waals surface area contributed by atoms with Crippen LogP contribution in [0.3, 0.4) is 0 Å². The second-order valence-electron chi connectivity index (χ2n) is 5.30. The number of nitrogens with zero attached hydrogens (tertiary/aromatic N) is 2. The topological polar surface area (TPSA) is 99.5 Å². The third-order valence-corrected chi connectivity index (χ3v) is 4.75. The Bertz CT molecular complexity index is 680. The molecule has 1 amide bonds. The van der Waals surface area contributed by atoms with Crippen molar-refractivity contribution in [2.75, 3.05) is 25.9 Å². The number of sulfonamides is 1. The van der Waals surface area contributed by atoms with E-state index in [4.69, 9.17) is 10.00 Å². The van der Waals surface area contributed by atoms with Crippen LogP contribution >= 0.6 is 0 Å². The van der Waals surface area contributed by atoms with Gasteiger partial charge in [0.15, 0.2) is 6.10 Å². The lowest BCUT2D eigenvalue weighted by Crippen LogP contribution is -2.38. The fraction of sp³-hybridized carbons (Fsp3) is 0.500. The number of nitrogens with one attached hydrogen (secondary N) is 1. The van der Waals surface area contributed by atoms with Crippen molar-refractivity contribution in [2.24, 2.45) is 0 Å². The summed E-state index contributed by atoms with van der Waals surface area (Å²) < 4.78 is 29.8. The van der Waals surface area contributed by atoms with Gasteiger partial charge in [0, 0.05) is 19.6 Å². The van der Waals surface area contributed by atoms with Gasteiger partial charge in [0.25, 0.3) is 5.91 Å². The van der Waals surface area contributed by atoms with Crippen molar-refractivity contribution < 1.29 is 17.9 Å². The Balaban J connectivity index is 2.37. The molecule has 7 nitrogen and oxygen atoms in total. The van der Waals surface area contributed by atoms with Crippen LogP contribution in [0.25, 0.3) is 0 Å². The molecule has 0 heterocycles. The Kier molecular flexibility index (Phi) is 7.68. The highest BCUT2D eigenvalue weighted by molar-refractivity contribution is 7.88. The average Bonchev–Trinajstić information content (AvgIpc) is 2.54. The molecular formula is C16H23N3O4S. The van der Waals surface area contributed by atoms with Crippen LogP contribution in [-0.4, -0.2) is 50.6 Å². The standard InChI is InChI=1S/C16H23N3O4S/c1-4-19(24(3,21)22)11-5-10-18-16(20)13(2)23-15-8-6-14(12-17)7-9-15/h6-9,13H,4-5,10-11H2,1-3H3,(H,18,20). The fourth-order valence-corrected chi connectivity index (χ4v) is 2.96. The number of hydrogen-bond donors (Lipinski definition) is 1. The highest BCUT2D eigenvalue weighted by Crippen LogP contribution is 2.13. The first kappa shape index (κ1) is 19.9. The van der Waals surface area contributed by atoms with E-state index in [-0.39, 0.29) is 5.91 Å². The number of benzene rings is 1. The molecule has 0 fully saturated rings. The maximum Gasteiger partial charge on any atom is 0.260 e. The molecule has 1 N–H and O–H groups in total. The lowest BCUT2D eigenvalue weighted by molar-refractivity contribution is -0.127. The van der Waals surface area contributed by atoms with Gasteiger partial charge in [-0.1, -0.05) is 6.92 Å². The lowest BCUT2D eigenvalue weighted by atomic mass is 10.2. The van der Waals surface area contributed by atoms with Crippen molar-refractivity contribution in [2.45, 2.75) is 26.4 Å². The summed E-state index contributed by atoms with van der Waals surface area (Å²) >= 11 is 0. The minimum atomic E-state index is -3.21. The van der Waals surface area contributed by atoms with Gasteiger partial charge in [0.05, 0.1) is 17.9 Å². The summed E-state index contributed by atoms with van der Waals surface area (Å²) in [5.74, 6) is 0.229. The van der Waals surface area contributed by atoms with Crippen LogP contribution < -0.4 is 10.1 Å². The number of ether oxygens (including phenoxy) is 1. The first-order valence-corrected chi connectivity index (χ1v) is 9.52. The molecule has 1 unspecified atom stereocenters. The molecule has 1 atom stereocenters. The van der Waals surface area contributed by atoms with E-state index < -0.39 is 16.1 Å². The van der Waals surface area contributed by atoms with Gasteiger partial charge >= 0.3 is 0 Å². The third-order valence-electron chi connectivity index (χ3n) is 3.37. The van der Waals surface area contributed by atoms with E-state index in [1.54, 1.807) is 38.1 Å². The van der Waals surface area contributed by atoms with Gasteiger partial charge in [-0.25, -0.2) is 12.7 Å². The largest absolute Gasteiger partial charge is 0.481 e. The molecule has 0 saturated carbocycles. The molecule has 0 aromatic heterocycles. The van der Waals surface area contributed by atoms with Gasteiger partial charge in [-0.2, -0.15) is 5.26 Å². The minimum absolute atomic E-state index is 0.276. The van der Waals surface area contributed by atoms with Crippen molar-refractivity contribution in [3.8, 4) is 11.8 Å². The number of rotatable bonds is 9. The van der Waals surface area contributed by atoms with E-state index in [0.717, 1.165) is 0 Å². The van der Waals surface area contributed by atoms with Crippen LogP contribution in [0.1, 0.15) is 25.8 Å². The van der Waals surface area contributed by atoms with E-state index in [2.05, 4.69) is 5.32 Å². The number of hydrogen-bond acceptors (Lipinski definition) is 5. The van der Waals surface area contributed by atoms with Gasteiger partial charge in [-0.15, -0.1) is 0 Å². The smallest absolute Gasteiger partial charge is 0.260 e. The molecule has 8 heteroatoms. The normalized spacial score (nSPS) is 12.5. The molecule has 1 aromatic carbocycles. The minimum Gasteiger partial charge on any atom is -0.481 e. The average molecular weight is 353 g/mol. The summed E-state index contributed by atoms with van der Waals surface area (Å²) in [5, 5.41) is 11.4. The Morgan fingerprint density at radius 1 is 1.38 bits per heavy atom. The zero-order valence-corrected chi connectivity index (χ0v) is 15.0. The number of nitriles is 1. The Morgan fingerprint density at radius 3 is 2.50 bits per heavy atom. The second kappa shape index (κ2) is 9.25. The molecule has 24 heavy (non-hydrogen) atoms. The SMILES string of the molecule is CCN(CCCNC(=O)C(C)Oc1ccc(C#N)cc1)S(C)(=O)=O. The molecule has 0 aliphatic rings. The predicted molar refractivity (Wildman–Crippen MR) is 91.0 cm³/mol. The van der Waals surface area contributed by atoms with Gasteiger partial charge < -0.3 is 10.1 Å². The highest BCUT2D eigenvalue weighted by Gasteiger charge is 2.16. The third kappa shape index (κ3) is 6.56. The van der Waals surface area contributed by atoms with Crippen molar-refractivity contribution in [3.05, 3.63) is 29.8 Å². The summed E-state index contributed by atoms with van der Waals surface area (Å²) in [6, 6.07) is 8.50. The van der Waals surface area contributed by atoms with Crippen LogP contribution in [0.2, 0.25) is 0 Å².